The highest BCUT2D eigenvalue weighted by Gasteiger charge is 2.42. The first-order chi connectivity index (χ1) is 25.3. The summed E-state index contributed by atoms with van der Waals surface area (Å²) in [5.41, 5.74) is 3.70. The number of nitrogens with one attached hydrogen (secondary N) is 1. The maximum absolute atomic E-state index is 13.6. The number of hydrogen-bond donors (Lipinski definition) is 2. The number of rotatable bonds is 8. The number of hydrogen-bond acceptors (Lipinski definition) is 12. The zero-order valence-electron chi connectivity index (χ0n) is 29.9. The van der Waals surface area contributed by atoms with E-state index in [-0.39, 0.29) is 30.7 Å². The molecule has 53 heavy (non-hydrogen) atoms. The minimum Gasteiger partial charge on any atom is -0.444 e. The Morgan fingerprint density at radius 3 is 2.43 bits per heavy atom. The van der Waals surface area contributed by atoms with Crippen LogP contribution in [-0.4, -0.2) is 96.8 Å². The maximum Gasteiger partial charge on any atom is 0.411 e. The molecule has 0 spiro atoms. The number of ether oxygens (including phenoxy) is 1. The molecule has 0 aliphatic carbocycles. The summed E-state index contributed by atoms with van der Waals surface area (Å²) in [4.78, 5) is 50.3. The number of anilines is 3. The third-order valence-electron chi connectivity index (χ3n) is 9.13. The molecule has 7 rings (SSSR count). The molecule has 2 atom stereocenters. The number of pyridine rings is 1. The van der Waals surface area contributed by atoms with Crippen LogP contribution in [0.5, 0.6) is 0 Å². The number of aliphatic hydroxyl groups excluding tert-OH is 1. The molecule has 2 N–H and O–H groups in total. The minimum absolute atomic E-state index is 0.0459. The van der Waals surface area contributed by atoms with E-state index in [9.17, 15) is 24.3 Å². The lowest BCUT2D eigenvalue weighted by Gasteiger charge is -2.40. The number of nitrogens with zero attached hydrogens (tertiary/aromatic N) is 9. The SMILES string of the molecule is CCc1nc2ccc(-c3cnc(N4CC(NC(=O)C5CC(O)CN5C(=O)OC(C)(C)C)C4)nc3)cn2c1N(C)c1nc(-c2ccc(F)cc2)c(C#N)s1. The molecule has 1 aromatic carbocycles. The second-order valence-electron chi connectivity index (χ2n) is 14.2. The number of thiazole rings is 1. The zero-order valence-corrected chi connectivity index (χ0v) is 30.8. The molecule has 2 unspecified atom stereocenters. The molecule has 2 saturated heterocycles. The third kappa shape index (κ3) is 7.22. The monoisotopic (exact) mass is 738 g/mol. The summed E-state index contributed by atoms with van der Waals surface area (Å²) in [5, 5.41) is 23.7. The lowest BCUT2D eigenvalue weighted by atomic mass is 10.1. The second-order valence-corrected chi connectivity index (χ2v) is 15.1. The predicted molar refractivity (Wildman–Crippen MR) is 197 cm³/mol. The zero-order chi connectivity index (χ0) is 37.6. The Balaban J connectivity index is 1.04. The van der Waals surface area contributed by atoms with E-state index >= 15 is 0 Å². The summed E-state index contributed by atoms with van der Waals surface area (Å²) >= 11 is 1.26. The summed E-state index contributed by atoms with van der Waals surface area (Å²) in [6.07, 6.45) is 4.88. The van der Waals surface area contributed by atoms with Gasteiger partial charge in [-0.05, 0) is 63.6 Å². The average molecular weight is 739 g/mol. The summed E-state index contributed by atoms with van der Waals surface area (Å²) in [6.45, 7) is 8.34. The van der Waals surface area contributed by atoms with Crippen LogP contribution in [0.4, 0.5) is 26.1 Å². The number of aliphatic hydroxyl groups is 1. The van der Waals surface area contributed by atoms with Crippen molar-refractivity contribution in [1.29, 1.82) is 5.26 Å². The van der Waals surface area contributed by atoms with Gasteiger partial charge in [0.25, 0.3) is 0 Å². The van der Waals surface area contributed by atoms with Crippen molar-refractivity contribution in [2.75, 3.05) is 36.5 Å². The molecule has 0 bridgehead atoms. The first kappa shape index (κ1) is 35.7. The minimum atomic E-state index is -0.804. The van der Waals surface area contributed by atoms with E-state index in [2.05, 4.69) is 21.4 Å². The smallest absolute Gasteiger partial charge is 0.411 e. The van der Waals surface area contributed by atoms with E-state index in [1.165, 1.54) is 28.4 Å². The highest BCUT2D eigenvalue weighted by molar-refractivity contribution is 7.16. The number of aryl methyl sites for hydroxylation is 1. The van der Waals surface area contributed by atoms with Crippen molar-refractivity contribution in [1.82, 2.24) is 34.6 Å². The van der Waals surface area contributed by atoms with Gasteiger partial charge in [0.2, 0.25) is 11.9 Å². The van der Waals surface area contributed by atoms with Gasteiger partial charge in [-0.15, -0.1) is 0 Å². The number of benzene rings is 1. The normalized spacial score (nSPS) is 17.5. The van der Waals surface area contributed by atoms with E-state index < -0.39 is 23.8 Å². The third-order valence-corrected chi connectivity index (χ3v) is 10.2. The topological polar surface area (TPSA) is 165 Å². The number of halogens is 1. The number of carbonyl (C=O) groups excluding carboxylic acids is 2. The van der Waals surface area contributed by atoms with E-state index in [0.29, 0.717) is 46.7 Å². The predicted octanol–water partition coefficient (Wildman–Crippen LogP) is 4.93. The molecule has 2 fully saturated rings. The molecule has 4 aromatic heterocycles. The van der Waals surface area contributed by atoms with Crippen molar-refractivity contribution in [2.24, 2.45) is 0 Å². The van der Waals surface area contributed by atoms with Crippen LogP contribution < -0.4 is 15.1 Å². The molecule has 0 radical (unpaired) electrons. The molecular weight excluding hydrogens is 700 g/mol. The van der Waals surface area contributed by atoms with Crippen molar-refractivity contribution in [3.8, 4) is 28.5 Å². The van der Waals surface area contributed by atoms with Gasteiger partial charge in [-0.3, -0.25) is 14.1 Å². The van der Waals surface area contributed by atoms with E-state index in [0.717, 1.165) is 28.3 Å². The van der Waals surface area contributed by atoms with Crippen LogP contribution in [-0.2, 0) is 16.0 Å². The number of fused-ring (bicyclic) bond motifs is 1. The fourth-order valence-electron chi connectivity index (χ4n) is 6.52. The Morgan fingerprint density at radius 1 is 1.08 bits per heavy atom. The first-order valence-electron chi connectivity index (χ1n) is 17.3. The Hall–Kier alpha value is -5.66. The number of imidazole rings is 1. The highest BCUT2D eigenvalue weighted by Crippen LogP contribution is 2.37. The lowest BCUT2D eigenvalue weighted by Crippen LogP contribution is -2.62. The standard InChI is InChI=1S/C37H39FN10O4S/c1-6-27-33(45(5)35-44-31(29(14-39)53-35)21-7-10-24(38)11-8-21)48-17-22(9-12-30(48)43-27)23-15-40-34(41-16-23)46-18-25(19-46)42-32(50)28-13-26(49)20-47(28)36(51)52-37(2,3)4/h7-12,15-17,25-26,28,49H,6,13,18-20H2,1-5H3,(H,42,50). The molecule has 0 saturated carbocycles. The van der Waals surface area contributed by atoms with Crippen LogP contribution >= 0.6 is 11.3 Å². The number of nitriles is 1. The number of aromatic nitrogens is 5. The van der Waals surface area contributed by atoms with Crippen molar-refractivity contribution < 1.29 is 23.8 Å². The van der Waals surface area contributed by atoms with Gasteiger partial charge in [0.15, 0.2) is 5.13 Å². The summed E-state index contributed by atoms with van der Waals surface area (Å²) in [6, 6.07) is 11.1. The van der Waals surface area contributed by atoms with Crippen LogP contribution in [0.25, 0.3) is 28.0 Å². The lowest BCUT2D eigenvalue weighted by molar-refractivity contribution is -0.126. The van der Waals surface area contributed by atoms with Gasteiger partial charge in [0.05, 0.1) is 24.4 Å². The van der Waals surface area contributed by atoms with Crippen molar-refractivity contribution in [3.63, 3.8) is 0 Å². The van der Waals surface area contributed by atoms with Gasteiger partial charge >= 0.3 is 6.09 Å². The largest absolute Gasteiger partial charge is 0.444 e. The Morgan fingerprint density at radius 2 is 1.77 bits per heavy atom. The van der Waals surface area contributed by atoms with Crippen LogP contribution in [0.2, 0.25) is 0 Å². The average Bonchev–Trinajstić information content (AvgIpc) is 3.83. The first-order valence-corrected chi connectivity index (χ1v) is 18.1. The molecular formula is C37H39FN10O4S. The van der Waals surface area contributed by atoms with Gasteiger partial charge in [-0.25, -0.2) is 29.1 Å². The molecule has 274 valence electrons. The van der Waals surface area contributed by atoms with Gasteiger partial charge in [0, 0.05) is 61.8 Å². The molecule has 2 aliphatic heterocycles. The second kappa shape index (κ2) is 14.1. The quantitative estimate of drug-likeness (QED) is 0.222. The number of carbonyl (C=O) groups is 2. The van der Waals surface area contributed by atoms with Crippen molar-refractivity contribution in [2.45, 2.75) is 64.3 Å². The summed E-state index contributed by atoms with van der Waals surface area (Å²) < 4.78 is 21.0. The maximum atomic E-state index is 13.6. The number of β-amino-alcohol motifs (C(OH)–C–C–N with tert-alkyl or cyclic N) is 1. The Kier molecular flexibility index (Phi) is 9.47. The van der Waals surface area contributed by atoms with Crippen LogP contribution in [0.1, 0.15) is 44.7 Å². The molecule has 14 nitrogen and oxygen atoms in total. The summed E-state index contributed by atoms with van der Waals surface area (Å²) in [5.74, 6) is 0.646. The van der Waals surface area contributed by atoms with Gasteiger partial charge < -0.3 is 25.0 Å². The van der Waals surface area contributed by atoms with E-state index in [4.69, 9.17) is 14.7 Å². The molecule has 16 heteroatoms. The number of likely N-dealkylation sites (tertiary alicyclic amines) is 1. The van der Waals surface area contributed by atoms with Gasteiger partial charge in [0.1, 0.15) is 45.6 Å². The molecule has 5 aromatic rings. The van der Waals surface area contributed by atoms with Crippen LogP contribution in [0, 0.1) is 17.1 Å². The van der Waals surface area contributed by atoms with E-state index in [1.807, 2.05) is 46.5 Å². The van der Waals surface area contributed by atoms with Crippen LogP contribution in [0.3, 0.4) is 0 Å². The highest BCUT2D eigenvalue weighted by atomic mass is 32.1. The molecule has 6 heterocycles. The fraction of sp³-hybridized carbons (Fsp3) is 0.378. The number of amides is 2. The van der Waals surface area contributed by atoms with Crippen molar-refractivity contribution in [3.05, 3.63) is 71.4 Å². The molecule has 2 aliphatic rings. The molecule has 2 amide bonds. The van der Waals surface area contributed by atoms with Crippen molar-refractivity contribution >= 4 is 45.9 Å². The van der Waals surface area contributed by atoms with Gasteiger partial charge in [-0.1, -0.05) is 18.3 Å². The summed E-state index contributed by atoms with van der Waals surface area (Å²) in [7, 11) is 1.89. The Bertz CT molecular complexity index is 2200. The van der Waals surface area contributed by atoms with Gasteiger partial charge in [-0.2, -0.15) is 5.26 Å². The van der Waals surface area contributed by atoms with Crippen LogP contribution in [0.15, 0.2) is 55.0 Å². The Labute approximate surface area is 309 Å². The fourth-order valence-corrected chi connectivity index (χ4v) is 7.36. The van der Waals surface area contributed by atoms with E-state index in [1.54, 1.807) is 45.3 Å².